The molecule has 0 aromatic carbocycles. The van der Waals surface area contributed by atoms with Crippen LogP contribution in [0.2, 0.25) is 0 Å². The lowest BCUT2D eigenvalue weighted by molar-refractivity contribution is 0.180. The summed E-state index contributed by atoms with van der Waals surface area (Å²) < 4.78 is 1.54. The predicted molar refractivity (Wildman–Crippen MR) is 67.7 cm³/mol. The third-order valence-corrected chi connectivity index (χ3v) is 2.64. The zero-order valence-corrected chi connectivity index (χ0v) is 9.74. The second kappa shape index (κ2) is 3.99. The van der Waals surface area contributed by atoms with Crippen LogP contribution in [0.15, 0.2) is 36.7 Å². The molecule has 0 atom stereocenters. The van der Waals surface area contributed by atoms with Crippen LogP contribution in [0.25, 0.3) is 22.6 Å². The minimum absolute atomic E-state index is 0.408. The fraction of sp³-hybridized carbons (Fsp3) is 0.0833. The minimum atomic E-state index is 0.408. The van der Waals surface area contributed by atoms with E-state index in [4.69, 9.17) is 10.6 Å². The molecule has 0 amide bonds. The second-order valence-electron chi connectivity index (χ2n) is 3.69. The molecule has 3 aromatic rings. The van der Waals surface area contributed by atoms with Gasteiger partial charge in [-0.15, -0.1) is 4.73 Å². The normalized spacial score (nSPS) is 10.7. The largest absolute Gasteiger partial charge is 0.413 e. The fourth-order valence-corrected chi connectivity index (χ4v) is 1.84. The van der Waals surface area contributed by atoms with Crippen molar-refractivity contribution in [3.05, 3.63) is 36.7 Å². The molecule has 2 N–H and O–H groups in total. The molecular formula is C12H11N5O. The standard InChI is InChI=1S/C12H11N5O/c1-18-17-11(8-4-2-6-14-10(8)13)16-9-5-3-7-15-12(9)17/h2-7H,1H3,(H2,13,14). The Morgan fingerprint density at radius 3 is 2.72 bits per heavy atom. The number of anilines is 1. The average molecular weight is 241 g/mol. The lowest BCUT2D eigenvalue weighted by atomic mass is 10.2. The van der Waals surface area contributed by atoms with Crippen molar-refractivity contribution < 1.29 is 4.84 Å². The highest BCUT2D eigenvalue weighted by Gasteiger charge is 2.16. The monoisotopic (exact) mass is 241 g/mol. The number of nitrogens with zero attached hydrogens (tertiary/aromatic N) is 4. The summed E-state index contributed by atoms with van der Waals surface area (Å²) in [6, 6.07) is 7.34. The molecule has 0 radical (unpaired) electrons. The maximum absolute atomic E-state index is 5.86. The van der Waals surface area contributed by atoms with Gasteiger partial charge in [0.15, 0.2) is 11.5 Å². The summed E-state index contributed by atoms with van der Waals surface area (Å²) in [6.45, 7) is 0. The van der Waals surface area contributed by atoms with Crippen LogP contribution in [-0.2, 0) is 0 Å². The summed E-state index contributed by atoms with van der Waals surface area (Å²) in [4.78, 5) is 18.1. The summed E-state index contributed by atoms with van der Waals surface area (Å²) >= 11 is 0. The highest BCUT2D eigenvalue weighted by molar-refractivity contribution is 5.79. The number of aromatic nitrogens is 4. The van der Waals surface area contributed by atoms with E-state index in [1.807, 2.05) is 18.2 Å². The van der Waals surface area contributed by atoms with Gasteiger partial charge < -0.3 is 10.6 Å². The maximum atomic E-state index is 5.86. The first-order chi connectivity index (χ1) is 8.81. The molecule has 0 aliphatic carbocycles. The molecule has 0 fully saturated rings. The topological polar surface area (TPSA) is 78.9 Å². The summed E-state index contributed by atoms with van der Waals surface area (Å²) in [5.74, 6) is 1.00. The van der Waals surface area contributed by atoms with Gasteiger partial charge in [0.2, 0.25) is 0 Å². The van der Waals surface area contributed by atoms with Crippen LogP contribution in [0.4, 0.5) is 5.82 Å². The number of imidazole rings is 1. The average Bonchev–Trinajstić information content (AvgIpc) is 2.77. The van der Waals surface area contributed by atoms with Crippen LogP contribution in [0.1, 0.15) is 0 Å². The van der Waals surface area contributed by atoms with Gasteiger partial charge in [0.1, 0.15) is 18.4 Å². The number of nitrogens with two attached hydrogens (primary N) is 1. The van der Waals surface area contributed by atoms with Crippen LogP contribution in [0, 0.1) is 0 Å². The number of rotatable bonds is 2. The van der Waals surface area contributed by atoms with Crippen LogP contribution < -0.4 is 10.6 Å². The Labute approximate surface area is 103 Å². The Hall–Kier alpha value is -2.63. The molecule has 6 heteroatoms. The zero-order valence-electron chi connectivity index (χ0n) is 9.74. The highest BCUT2D eigenvalue weighted by Crippen LogP contribution is 2.25. The number of hydrogen-bond acceptors (Lipinski definition) is 5. The molecule has 90 valence electrons. The van der Waals surface area contributed by atoms with E-state index in [0.717, 1.165) is 11.1 Å². The van der Waals surface area contributed by atoms with E-state index in [1.54, 1.807) is 30.3 Å². The second-order valence-corrected chi connectivity index (χ2v) is 3.69. The summed E-state index contributed by atoms with van der Waals surface area (Å²) in [7, 11) is 1.56. The van der Waals surface area contributed by atoms with Crippen molar-refractivity contribution in [1.82, 2.24) is 19.7 Å². The number of nitrogen functional groups attached to an aromatic ring is 1. The molecular weight excluding hydrogens is 230 g/mol. The van der Waals surface area contributed by atoms with E-state index in [2.05, 4.69) is 15.0 Å². The van der Waals surface area contributed by atoms with Gasteiger partial charge >= 0.3 is 0 Å². The molecule has 3 aromatic heterocycles. The molecule has 0 aliphatic heterocycles. The smallest absolute Gasteiger partial charge is 0.196 e. The summed E-state index contributed by atoms with van der Waals surface area (Å²) in [5.41, 5.74) is 7.98. The summed E-state index contributed by atoms with van der Waals surface area (Å²) in [5, 5.41) is 0. The third kappa shape index (κ3) is 1.46. The van der Waals surface area contributed by atoms with Crippen molar-refractivity contribution in [2.24, 2.45) is 0 Å². The molecule has 3 heterocycles. The SMILES string of the molecule is COn1c(-c2cccnc2N)nc2cccnc21. The summed E-state index contributed by atoms with van der Waals surface area (Å²) in [6.07, 6.45) is 3.33. The fourth-order valence-electron chi connectivity index (χ4n) is 1.84. The van der Waals surface area contributed by atoms with E-state index < -0.39 is 0 Å². The van der Waals surface area contributed by atoms with Gasteiger partial charge in [-0.3, -0.25) is 0 Å². The van der Waals surface area contributed by atoms with E-state index >= 15 is 0 Å². The zero-order chi connectivity index (χ0) is 12.5. The molecule has 0 unspecified atom stereocenters. The minimum Gasteiger partial charge on any atom is -0.413 e. The Balaban J connectivity index is 2.32. The lowest BCUT2D eigenvalue weighted by Crippen LogP contribution is -2.09. The van der Waals surface area contributed by atoms with Gasteiger partial charge in [-0.2, -0.15) is 0 Å². The highest BCUT2D eigenvalue weighted by atomic mass is 16.6. The van der Waals surface area contributed by atoms with Crippen molar-refractivity contribution in [2.45, 2.75) is 0 Å². The molecule has 0 aliphatic rings. The van der Waals surface area contributed by atoms with Gasteiger partial charge in [0.05, 0.1) is 5.56 Å². The Morgan fingerprint density at radius 2 is 1.94 bits per heavy atom. The molecule has 0 spiro atoms. The van der Waals surface area contributed by atoms with Gasteiger partial charge in [-0.25, -0.2) is 15.0 Å². The molecule has 0 saturated carbocycles. The van der Waals surface area contributed by atoms with Crippen LogP contribution in [0.3, 0.4) is 0 Å². The van der Waals surface area contributed by atoms with Gasteiger partial charge in [0.25, 0.3) is 0 Å². The Bertz CT molecular complexity index is 707. The number of hydrogen-bond donors (Lipinski definition) is 1. The first-order valence-corrected chi connectivity index (χ1v) is 5.40. The number of fused-ring (bicyclic) bond motifs is 1. The molecule has 0 bridgehead atoms. The van der Waals surface area contributed by atoms with E-state index in [1.165, 1.54) is 0 Å². The van der Waals surface area contributed by atoms with E-state index in [-0.39, 0.29) is 0 Å². The van der Waals surface area contributed by atoms with Gasteiger partial charge in [0, 0.05) is 12.4 Å². The van der Waals surface area contributed by atoms with Crippen LogP contribution in [-0.4, -0.2) is 26.8 Å². The first kappa shape index (κ1) is 10.5. The van der Waals surface area contributed by atoms with Gasteiger partial charge in [-0.05, 0) is 24.3 Å². The maximum Gasteiger partial charge on any atom is 0.196 e. The van der Waals surface area contributed by atoms with Crippen molar-refractivity contribution in [3.63, 3.8) is 0 Å². The van der Waals surface area contributed by atoms with E-state index in [9.17, 15) is 0 Å². The molecule has 6 nitrogen and oxygen atoms in total. The van der Waals surface area contributed by atoms with Gasteiger partial charge in [-0.1, -0.05) is 0 Å². The first-order valence-electron chi connectivity index (χ1n) is 5.40. The lowest BCUT2D eigenvalue weighted by Gasteiger charge is -2.06. The van der Waals surface area contributed by atoms with Crippen molar-refractivity contribution in [1.29, 1.82) is 0 Å². The number of pyridine rings is 2. The van der Waals surface area contributed by atoms with Crippen LogP contribution >= 0.6 is 0 Å². The predicted octanol–water partition coefficient (Wildman–Crippen LogP) is 1.13. The van der Waals surface area contributed by atoms with Crippen molar-refractivity contribution >= 4 is 17.0 Å². The van der Waals surface area contributed by atoms with Crippen LogP contribution in [0.5, 0.6) is 0 Å². The molecule has 3 rings (SSSR count). The third-order valence-electron chi connectivity index (χ3n) is 2.64. The Kier molecular flexibility index (Phi) is 2.33. The Morgan fingerprint density at radius 1 is 1.17 bits per heavy atom. The van der Waals surface area contributed by atoms with E-state index in [0.29, 0.717) is 17.3 Å². The van der Waals surface area contributed by atoms with Crippen molar-refractivity contribution in [3.8, 4) is 11.4 Å². The quantitative estimate of drug-likeness (QED) is 0.727. The molecule has 18 heavy (non-hydrogen) atoms. The van der Waals surface area contributed by atoms with Crippen molar-refractivity contribution in [2.75, 3.05) is 12.8 Å². The molecule has 0 saturated heterocycles.